The van der Waals surface area contributed by atoms with Crippen molar-refractivity contribution >= 4 is 27.8 Å². The predicted octanol–water partition coefficient (Wildman–Crippen LogP) is 12.0. The van der Waals surface area contributed by atoms with Gasteiger partial charge in [-0.3, -0.25) is 0 Å². The second-order valence-corrected chi connectivity index (χ2v) is 18.0. The van der Waals surface area contributed by atoms with E-state index in [1.54, 1.807) is 27.8 Å². The van der Waals surface area contributed by atoms with Gasteiger partial charge in [-0.1, -0.05) is 141 Å². The molecule has 2 aromatic rings. The molecule has 0 heterocycles. The summed E-state index contributed by atoms with van der Waals surface area (Å²) in [7, 11) is 2.01. The fourth-order valence-electron chi connectivity index (χ4n) is 8.06. The van der Waals surface area contributed by atoms with Crippen molar-refractivity contribution in [3.05, 3.63) is 46.5 Å². The van der Waals surface area contributed by atoms with E-state index in [0.717, 1.165) is 34.4 Å². The number of hydrogen-bond acceptors (Lipinski definition) is 0. The Balaban J connectivity index is 1.74. The number of benzene rings is 2. The molecule has 0 aromatic heterocycles. The third kappa shape index (κ3) is 7.69. The van der Waals surface area contributed by atoms with Crippen LogP contribution in [0.15, 0.2) is 24.3 Å². The van der Waals surface area contributed by atoms with E-state index < -0.39 is 0 Å². The lowest BCUT2D eigenvalue weighted by Gasteiger charge is -2.33. The Kier molecular flexibility index (Phi) is 11.5. The first-order chi connectivity index (χ1) is 19.8. The molecule has 3 saturated carbocycles. The van der Waals surface area contributed by atoms with E-state index in [0.29, 0.717) is 17.8 Å². The molecule has 0 saturated heterocycles. The summed E-state index contributed by atoms with van der Waals surface area (Å²) in [5, 5.41) is 3.72. The maximum absolute atomic E-state index is 2.68. The molecule has 0 nitrogen and oxygen atoms in total. The summed E-state index contributed by atoms with van der Waals surface area (Å²) in [6, 6.07) is 10.5. The molecule has 2 heteroatoms. The van der Waals surface area contributed by atoms with Crippen molar-refractivity contribution in [3.8, 4) is 11.1 Å². The highest BCUT2D eigenvalue weighted by atomic mass is 31.1. The van der Waals surface area contributed by atoms with Gasteiger partial charge in [0.1, 0.15) is 0 Å². The van der Waals surface area contributed by atoms with Crippen molar-refractivity contribution in [3.63, 3.8) is 0 Å². The number of hydrogen-bond donors (Lipinski definition) is 0. The van der Waals surface area contributed by atoms with Crippen LogP contribution in [0.5, 0.6) is 0 Å². The van der Waals surface area contributed by atoms with Gasteiger partial charge in [-0.05, 0) is 118 Å². The van der Waals surface area contributed by atoms with Crippen LogP contribution in [0.3, 0.4) is 0 Å². The fraction of sp³-hybridized carbons (Fsp3) is 0.692. The van der Waals surface area contributed by atoms with E-state index in [4.69, 9.17) is 0 Å². The molecule has 226 valence electrons. The first-order valence-corrected chi connectivity index (χ1v) is 19.9. The average Bonchev–Trinajstić information content (AvgIpc) is 2.98. The quantitative estimate of drug-likeness (QED) is 0.255. The third-order valence-corrected chi connectivity index (χ3v) is 14.4. The second-order valence-electron chi connectivity index (χ2n) is 14.8. The van der Waals surface area contributed by atoms with E-state index in [-0.39, 0.29) is 0 Å². The fourth-order valence-corrected chi connectivity index (χ4v) is 12.1. The second kappa shape index (κ2) is 14.9. The highest BCUT2D eigenvalue weighted by Gasteiger charge is 2.29. The monoisotopic (exact) mass is 590 g/mol. The zero-order chi connectivity index (χ0) is 28.9. The van der Waals surface area contributed by atoms with Crippen molar-refractivity contribution in [2.45, 2.75) is 173 Å². The van der Waals surface area contributed by atoms with Crippen LogP contribution < -0.4 is 10.6 Å². The van der Waals surface area contributed by atoms with Crippen LogP contribution in [-0.4, -0.2) is 11.3 Å². The zero-order valence-corrected chi connectivity index (χ0v) is 29.4. The summed E-state index contributed by atoms with van der Waals surface area (Å²) >= 11 is 0. The summed E-state index contributed by atoms with van der Waals surface area (Å²) < 4.78 is 0. The Labute approximate surface area is 257 Å². The minimum Gasteiger partial charge on any atom is -0.0862 e. The molecule has 0 spiro atoms. The van der Waals surface area contributed by atoms with Crippen molar-refractivity contribution in [1.82, 2.24) is 0 Å². The topological polar surface area (TPSA) is 0 Å². The number of rotatable bonds is 9. The molecule has 2 unspecified atom stereocenters. The maximum atomic E-state index is 2.68. The van der Waals surface area contributed by atoms with Crippen LogP contribution in [-0.2, 0) is 0 Å². The molecule has 41 heavy (non-hydrogen) atoms. The Morgan fingerprint density at radius 2 is 1.00 bits per heavy atom. The largest absolute Gasteiger partial charge is 0.0862 e. The van der Waals surface area contributed by atoms with Gasteiger partial charge >= 0.3 is 0 Å². The smallest absolute Gasteiger partial charge is 0.00973 e. The lowest BCUT2D eigenvalue weighted by atomic mass is 9.80. The minimum atomic E-state index is 0.536. The minimum absolute atomic E-state index is 0.536. The van der Waals surface area contributed by atoms with Gasteiger partial charge in [-0.2, -0.15) is 0 Å². The Morgan fingerprint density at radius 3 is 1.46 bits per heavy atom. The standard InChI is InChI=1S/C39H60P2/c1-26(2)30-24-35(27(3)4)37(36(25-30)28(5)6)34-23-22-33(29-16-10-7-11-17-29)38(40-31-18-12-8-13-19-31)39(34)41-32-20-14-9-15-21-32/h22-29,31-32,40-41H,7-21H2,1-6H3. The first kappa shape index (κ1) is 31.7. The molecule has 5 rings (SSSR count). The summed E-state index contributed by atoms with van der Waals surface area (Å²) in [4.78, 5) is 0. The summed E-state index contributed by atoms with van der Waals surface area (Å²) in [6.45, 7) is 14.5. The molecule has 0 bridgehead atoms. The molecule has 0 amide bonds. The molecular formula is C39H60P2. The van der Waals surface area contributed by atoms with Crippen molar-refractivity contribution < 1.29 is 0 Å². The van der Waals surface area contributed by atoms with Gasteiger partial charge in [0.15, 0.2) is 0 Å². The van der Waals surface area contributed by atoms with Crippen molar-refractivity contribution in [1.29, 1.82) is 0 Å². The van der Waals surface area contributed by atoms with Gasteiger partial charge in [-0.25, -0.2) is 0 Å². The van der Waals surface area contributed by atoms with E-state index in [1.165, 1.54) is 102 Å². The van der Waals surface area contributed by atoms with Gasteiger partial charge in [0.2, 0.25) is 0 Å². The Hall–Kier alpha value is -0.700. The average molecular weight is 591 g/mol. The Bertz CT molecular complexity index is 1100. The lowest BCUT2D eigenvalue weighted by molar-refractivity contribution is 0.445. The van der Waals surface area contributed by atoms with E-state index in [2.05, 4.69) is 65.8 Å². The molecule has 2 aromatic carbocycles. The van der Waals surface area contributed by atoms with Gasteiger partial charge in [0.25, 0.3) is 0 Å². The summed E-state index contributed by atoms with van der Waals surface area (Å²) in [5.74, 6) is 2.44. The van der Waals surface area contributed by atoms with E-state index >= 15 is 0 Å². The van der Waals surface area contributed by atoms with Gasteiger partial charge in [-0.15, -0.1) is 0 Å². The molecule has 0 radical (unpaired) electrons. The summed E-state index contributed by atoms with van der Waals surface area (Å²) in [5.41, 5.74) is 11.6. The highest BCUT2D eigenvalue weighted by molar-refractivity contribution is 7.55. The molecule has 2 atom stereocenters. The van der Waals surface area contributed by atoms with E-state index in [9.17, 15) is 0 Å². The molecule has 3 fully saturated rings. The lowest BCUT2D eigenvalue weighted by Crippen LogP contribution is -2.30. The molecule has 3 aliphatic rings. The molecule has 3 aliphatic carbocycles. The van der Waals surface area contributed by atoms with Crippen molar-refractivity contribution in [2.24, 2.45) is 0 Å². The first-order valence-electron chi connectivity index (χ1n) is 17.7. The van der Waals surface area contributed by atoms with Crippen LogP contribution in [0, 0.1) is 0 Å². The van der Waals surface area contributed by atoms with Crippen LogP contribution >= 0.6 is 17.2 Å². The van der Waals surface area contributed by atoms with Crippen LogP contribution in [0.2, 0.25) is 0 Å². The van der Waals surface area contributed by atoms with Crippen LogP contribution in [0.1, 0.15) is 184 Å². The molecular weight excluding hydrogens is 530 g/mol. The predicted molar refractivity (Wildman–Crippen MR) is 190 cm³/mol. The normalized spacial score (nSPS) is 20.6. The summed E-state index contributed by atoms with van der Waals surface area (Å²) in [6.07, 6.45) is 21.8. The maximum Gasteiger partial charge on any atom is -0.00973 e. The van der Waals surface area contributed by atoms with Crippen LogP contribution in [0.25, 0.3) is 11.1 Å². The van der Waals surface area contributed by atoms with Crippen molar-refractivity contribution in [2.75, 3.05) is 0 Å². The third-order valence-electron chi connectivity index (χ3n) is 10.6. The van der Waals surface area contributed by atoms with Crippen LogP contribution in [0.4, 0.5) is 0 Å². The Morgan fingerprint density at radius 1 is 0.537 bits per heavy atom. The molecule has 0 N–H and O–H groups in total. The zero-order valence-electron chi connectivity index (χ0n) is 27.4. The van der Waals surface area contributed by atoms with E-state index in [1.807, 2.05) is 10.6 Å². The highest BCUT2D eigenvalue weighted by Crippen LogP contribution is 2.45. The molecule has 0 aliphatic heterocycles. The van der Waals surface area contributed by atoms with Gasteiger partial charge in [0.05, 0.1) is 0 Å². The van der Waals surface area contributed by atoms with Gasteiger partial charge in [0, 0.05) is 0 Å². The SMILES string of the molecule is CC(C)c1cc(C(C)C)c(-c2ccc(C3CCCCC3)c(PC3CCCCC3)c2PC2CCCCC2)c(C(C)C)c1. The van der Waals surface area contributed by atoms with Gasteiger partial charge < -0.3 is 0 Å².